The number of carbonyl (C=O) groups is 2. The summed E-state index contributed by atoms with van der Waals surface area (Å²) in [7, 11) is 0. The minimum absolute atomic E-state index is 0.000799. The normalized spacial score (nSPS) is 14.1. The van der Waals surface area contributed by atoms with E-state index in [4.69, 9.17) is 29.4 Å². The molecule has 1 unspecified atom stereocenters. The summed E-state index contributed by atoms with van der Waals surface area (Å²) in [6.07, 6.45) is 3.95. The molecule has 12 heteroatoms. The van der Waals surface area contributed by atoms with E-state index in [0.717, 1.165) is 30.3 Å². The van der Waals surface area contributed by atoms with Gasteiger partial charge in [-0.3, -0.25) is 9.59 Å². The van der Waals surface area contributed by atoms with Crippen molar-refractivity contribution in [1.29, 1.82) is 0 Å². The predicted molar refractivity (Wildman–Crippen MR) is 221 cm³/mol. The number of hydrogen-bond donors (Lipinski definition) is 1. The second-order valence-corrected chi connectivity index (χ2v) is 17.3. The molecular weight excluding hydrogens is 852 g/mol. The first-order chi connectivity index (χ1) is 26.4. The molecule has 0 aromatic heterocycles. The Morgan fingerprint density at radius 2 is 1.18 bits per heavy atom. The van der Waals surface area contributed by atoms with E-state index in [1.807, 2.05) is 71.9 Å². The van der Waals surface area contributed by atoms with Crippen molar-refractivity contribution >= 4 is 49.5 Å². The van der Waals surface area contributed by atoms with Crippen LogP contribution in [-0.2, 0) is 56.3 Å². The molecule has 4 aromatic carbocycles. The molecule has 1 heterocycles. The van der Waals surface area contributed by atoms with Crippen LogP contribution in [0.3, 0.4) is 0 Å². The minimum atomic E-state index is -0.552. The van der Waals surface area contributed by atoms with E-state index in [9.17, 15) is 14.0 Å². The van der Waals surface area contributed by atoms with Gasteiger partial charge in [0, 0.05) is 37.8 Å². The van der Waals surface area contributed by atoms with Crippen LogP contribution in [0.4, 0.5) is 14.5 Å². The summed E-state index contributed by atoms with van der Waals surface area (Å²) in [5.74, 6) is -0.367. The summed E-state index contributed by atoms with van der Waals surface area (Å²) in [5, 5.41) is 0. The van der Waals surface area contributed by atoms with Crippen molar-refractivity contribution < 1.29 is 42.1 Å². The quantitative estimate of drug-likeness (QED) is 0.104. The van der Waals surface area contributed by atoms with Crippen molar-refractivity contribution in [2.75, 3.05) is 12.3 Å². The predicted octanol–water partition coefficient (Wildman–Crippen LogP) is 10.8. The van der Waals surface area contributed by atoms with E-state index >= 15 is 4.39 Å². The second-order valence-electron chi connectivity index (χ2n) is 15.5. The summed E-state index contributed by atoms with van der Waals surface area (Å²) >= 11 is 6.77. The molecule has 1 aliphatic heterocycles. The zero-order chi connectivity index (χ0) is 41.0. The van der Waals surface area contributed by atoms with Crippen molar-refractivity contribution in [3.63, 3.8) is 0 Å². The highest BCUT2D eigenvalue weighted by molar-refractivity contribution is 9.10. The zero-order valence-corrected chi connectivity index (χ0v) is 36.0. The molecule has 0 bridgehead atoms. The first kappa shape index (κ1) is 44.7. The van der Waals surface area contributed by atoms with Gasteiger partial charge in [0.05, 0.1) is 24.6 Å². The largest absolute Gasteiger partial charge is 0.488 e. The molecule has 1 aliphatic rings. The molecule has 0 amide bonds. The van der Waals surface area contributed by atoms with E-state index in [0.29, 0.717) is 50.2 Å². The Bertz CT molecular complexity index is 1950. The van der Waals surface area contributed by atoms with E-state index in [-0.39, 0.29) is 55.6 Å². The molecule has 302 valence electrons. The third-order valence-corrected chi connectivity index (χ3v) is 9.23. The van der Waals surface area contributed by atoms with Crippen molar-refractivity contribution in [3.8, 4) is 11.5 Å². The van der Waals surface area contributed by atoms with Gasteiger partial charge in [0.15, 0.2) is 5.82 Å². The number of halogens is 4. The molecule has 4 aromatic rings. The van der Waals surface area contributed by atoms with Crippen LogP contribution in [0.15, 0.2) is 81.7 Å². The SMILES string of the molecule is CC(C)(C)OC(=O)Cc1ccccc1OCc1cc(Br)cc(CCC2CCCO2)c1F.CC(C)(C)OC(=O)Cc1ccccc1OCc1cc(Br)cc(N)c1F. The Labute approximate surface area is 345 Å². The third kappa shape index (κ3) is 14.8. The summed E-state index contributed by atoms with van der Waals surface area (Å²) in [6.45, 7) is 11.8. The number of benzene rings is 4. The molecule has 1 fully saturated rings. The Hall–Kier alpha value is -4.00. The highest BCUT2D eigenvalue weighted by atomic mass is 79.9. The van der Waals surface area contributed by atoms with Crippen LogP contribution in [0.25, 0.3) is 0 Å². The summed E-state index contributed by atoms with van der Waals surface area (Å²) < 4.78 is 58.7. The standard InChI is InChI=1S/C25H30BrFO4.C19H21BrFNO3/c1-25(2,3)31-23(28)15-17-7-4-5-9-22(17)30-16-19-14-20(26)13-18(24(19)27)10-11-21-8-6-12-29-21;1-19(2,3)25-17(23)9-12-6-4-5-7-16(12)24-11-13-8-14(20)10-15(22)18(13)21/h4-5,7,9,13-14,21H,6,8,10-12,15-16H2,1-3H3;4-8,10H,9,11,22H2,1-3H3. The molecule has 2 N–H and O–H groups in total. The molecule has 0 spiro atoms. The van der Waals surface area contributed by atoms with Crippen molar-refractivity contribution in [3.05, 3.63) is 121 Å². The molecule has 8 nitrogen and oxygen atoms in total. The van der Waals surface area contributed by atoms with Crippen LogP contribution in [0.5, 0.6) is 11.5 Å². The van der Waals surface area contributed by atoms with Crippen LogP contribution < -0.4 is 15.2 Å². The van der Waals surface area contributed by atoms with Crippen LogP contribution in [0, 0.1) is 11.6 Å². The fraction of sp³-hybridized carbons (Fsp3) is 0.409. The maximum absolute atomic E-state index is 15.1. The first-order valence-electron chi connectivity index (χ1n) is 18.5. The average Bonchev–Trinajstić information content (AvgIpc) is 3.62. The Kier molecular flexibility index (Phi) is 16.3. The summed E-state index contributed by atoms with van der Waals surface area (Å²) in [6, 6.07) is 21.1. The van der Waals surface area contributed by atoms with E-state index in [1.54, 1.807) is 36.4 Å². The number of nitrogen functional groups attached to an aromatic ring is 1. The van der Waals surface area contributed by atoms with Gasteiger partial charge in [0.1, 0.15) is 41.7 Å². The number of nitrogens with two attached hydrogens (primary N) is 1. The van der Waals surface area contributed by atoms with Gasteiger partial charge >= 0.3 is 11.9 Å². The van der Waals surface area contributed by atoms with Gasteiger partial charge in [0.25, 0.3) is 0 Å². The molecule has 0 radical (unpaired) electrons. The third-order valence-electron chi connectivity index (χ3n) is 8.31. The number of aryl methyl sites for hydroxylation is 1. The van der Waals surface area contributed by atoms with Crippen molar-refractivity contribution in [1.82, 2.24) is 0 Å². The van der Waals surface area contributed by atoms with Crippen molar-refractivity contribution in [2.45, 2.75) is 111 Å². The Morgan fingerprint density at radius 1 is 0.714 bits per heavy atom. The number of ether oxygens (including phenoxy) is 5. The highest BCUT2D eigenvalue weighted by Gasteiger charge is 2.21. The number of hydrogen-bond acceptors (Lipinski definition) is 8. The number of esters is 2. The number of anilines is 1. The van der Waals surface area contributed by atoms with Crippen LogP contribution in [-0.4, -0.2) is 35.9 Å². The van der Waals surface area contributed by atoms with Gasteiger partial charge < -0.3 is 29.4 Å². The topological polar surface area (TPSA) is 106 Å². The molecule has 0 saturated carbocycles. The fourth-order valence-electron chi connectivity index (χ4n) is 5.92. The van der Waals surface area contributed by atoms with Gasteiger partial charge in [-0.2, -0.15) is 0 Å². The van der Waals surface area contributed by atoms with Crippen LogP contribution >= 0.6 is 31.9 Å². The second kappa shape index (κ2) is 20.4. The fourth-order valence-corrected chi connectivity index (χ4v) is 6.99. The number of carbonyl (C=O) groups excluding carboxylic acids is 2. The lowest BCUT2D eigenvalue weighted by Crippen LogP contribution is -2.25. The van der Waals surface area contributed by atoms with Crippen molar-refractivity contribution in [2.24, 2.45) is 0 Å². The first-order valence-corrected chi connectivity index (χ1v) is 20.1. The van der Waals surface area contributed by atoms with E-state index in [2.05, 4.69) is 31.9 Å². The average molecular weight is 904 g/mol. The lowest BCUT2D eigenvalue weighted by Gasteiger charge is -2.20. The van der Waals surface area contributed by atoms with Crippen LogP contribution in [0.1, 0.15) is 88.6 Å². The Morgan fingerprint density at radius 3 is 1.66 bits per heavy atom. The Balaban J connectivity index is 0.000000255. The van der Waals surface area contributed by atoms with Gasteiger partial charge in [-0.25, -0.2) is 8.78 Å². The maximum atomic E-state index is 15.1. The van der Waals surface area contributed by atoms with E-state index in [1.165, 1.54) is 6.07 Å². The lowest BCUT2D eigenvalue weighted by molar-refractivity contribution is -0.155. The summed E-state index contributed by atoms with van der Waals surface area (Å²) in [5.41, 5.74) is 7.43. The zero-order valence-electron chi connectivity index (χ0n) is 32.8. The molecule has 0 aliphatic carbocycles. The lowest BCUT2D eigenvalue weighted by atomic mass is 10.0. The molecule has 56 heavy (non-hydrogen) atoms. The molecule has 1 saturated heterocycles. The maximum Gasteiger partial charge on any atom is 0.310 e. The monoisotopic (exact) mass is 901 g/mol. The van der Waals surface area contributed by atoms with Gasteiger partial charge in [-0.05, 0) is 109 Å². The van der Waals surface area contributed by atoms with E-state index < -0.39 is 17.0 Å². The summed E-state index contributed by atoms with van der Waals surface area (Å²) in [4.78, 5) is 24.3. The number of para-hydroxylation sites is 2. The molecular formula is C44H51Br2F2NO7. The van der Waals surface area contributed by atoms with Gasteiger partial charge in [-0.15, -0.1) is 0 Å². The number of rotatable bonds is 13. The molecule has 1 atom stereocenters. The van der Waals surface area contributed by atoms with Gasteiger partial charge in [-0.1, -0.05) is 68.3 Å². The highest BCUT2D eigenvalue weighted by Crippen LogP contribution is 2.28. The minimum Gasteiger partial charge on any atom is -0.488 e. The smallest absolute Gasteiger partial charge is 0.310 e. The molecule has 5 rings (SSSR count). The van der Waals surface area contributed by atoms with Gasteiger partial charge in [0.2, 0.25) is 0 Å². The van der Waals surface area contributed by atoms with Crippen LogP contribution in [0.2, 0.25) is 0 Å².